The maximum absolute atomic E-state index is 5.42. The molecule has 1 saturated heterocycles. The molecule has 2 aromatic rings. The Morgan fingerprint density at radius 3 is 1.59 bits per heavy atom. The molecule has 0 spiro atoms. The fourth-order valence-corrected chi connectivity index (χ4v) is 3.66. The van der Waals surface area contributed by atoms with E-state index in [0.29, 0.717) is 0 Å². The summed E-state index contributed by atoms with van der Waals surface area (Å²) in [6, 6.07) is 16.3. The van der Waals surface area contributed by atoms with Gasteiger partial charge in [-0.2, -0.15) is 0 Å². The van der Waals surface area contributed by atoms with Gasteiger partial charge in [-0.3, -0.25) is 9.80 Å². The van der Waals surface area contributed by atoms with Crippen LogP contribution in [0.2, 0.25) is 0 Å². The lowest BCUT2D eigenvalue weighted by atomic mass is 10.2. The second kappa shape index (κ2) is 11.4. The summed E-state index contributed by atoms with van der Waals surface area (Å²) >= 11 is 0. The molecule has 0 bridgehead atoms. The minimum atomic E-state index is 0.924. The summed E-state index contributed by atoms with van der Waals surface area (Å²) < 4.78 is 10.8. The second-order valence-electron chi connectivity index (χ2n) is 7.24. The molecule has 0 unspecified atom stereocenters. The number of benzene rings is 2. The molecule has 4 heteroatoms. The molecule has 0 atom stereocenters. The van der Waals surface area contributed by atoms with Crippen LogP contribution in [0.15, 0.2) is 60.7 Å². The van der Waals surface area contributed by atoms with E-state index < -0.39 is 0 Å². The van der Waals surface area contributed by atoms with Crippen LogP contribution in [0.4, 0.5) is 0 Å². The Morgan fingerprint density at radius 1 is 0.690 bits per heavy atom. The molecule has 29 heavy (non-hydrogen) atoms. The van der Waals surface area contributed by atoms with E-state index in [2.05, 4.69) is 46.2 Å². The summed E-state index contributed by atoms with van der Waals surface area (Å²) in [4.78, 5) is 5.05. The Labute approximate surface area is 175 Å². The molecule has 4 nitrogen and oxygen atoms in total. The van der Waals surface area contributed by atoms with Crippen molar-refractivity contribution in [3.8, 4) is 11.5 Å². The van der Waals surface area contributed by atoms with Crippen molar-refractivity contribution in [3.63, 3.8) is 0 Å². The van der Waals surface area contributed by atoms with Crippen LogP contribution in [-0.2, 0) is 0 Å². The molecular formula is C25H32N2O2. The van der Waals surface area contributed by atoms with Crippen molar-refractivity contribution >= 4 is 12.2 Å². The summed E-state index contributed by atoms with van der Waals surface area (Å²) in [5, 5.41) is 0. The summed E-state index contributed by atoms with van der Waals surface area (Å²) in [6.07, 6.45) is 10.0. The lowest BCUT2D eigenvalue weighted by Crippen LogP contribution is -2.31. The molecule has 1 aliphatic heterocycles. The van der Waals surface area contributed by atoms with Gasteiger partial charge in [-0.05, 0) is 31.6 Å². The SMILES string of the molecule is COc1ccccc1C=CCN1CCCN(CC=Cc2ccccc2OC)CC1. The molecule has 1 fully saturated rings. The van der Waals surface area contributed by atoms with Gasteiger partial charge in [-0.1, -0.05) is 60.7 Å². The largest absolute Gasteiger partial charge is 0.496 e. The average Bonchev–Trinajstić information content (AvgIpc) is 3.00. The first-order chi connectivity index (χ1) is 14.3. The molecule has 0 saturated carbocycles. The van der Waals surface area contributed by atoms with Gasteiger partial charge in [0.2, 0.25) is 0 Å². The fourth-order valence-electron chi connectivity index (χ4n) is 3.66. The number of ether oxygens (including phenoxy) is 2. The third kappa shape index (κ3) is 6.48. The van der Waals surface area contributed by atoms with E-state index >= 15 is 0 Å². The Morgan fingerprint density at radius 2 is 1.14 bits per heavy atom. The van der Waals surface area contributed by atoms with E-state index in [-0.39, 0.29) is 0 Å². The number of para-hydroxylation sites is 2. The van der Waals surface area contributed by atoms with Gasteiger partial charge in [-0.15, -0.1) is 0 Å². The van der Waals surface area contributed by atoms with Gasteiger partial charge in [0, 0.05) is 37.3 Å². The molecule has 1 aliphatic rings. The van der Waals surface area contributed by atoms with Gasteiger partial charge in [0.05, 0.1) is 14.2 Å². The Bertz CT molecular complexity index is 748. The molecule has 2 aromatic carbocycles. The third-order valence-corrected chi connectivity index (χ3v) is 5.28. The predicted octanol–water partition coefficient (Wildman–Crippen LogP) is 4.44. The van der Waals surface area contributed by atoms with Crippen LogP contribution in [0.3, 0.4) is 0 Å². The zero-order valence-electron chi connectivity index (χ0n) is 17.6. The summed E-state index contributed by atoms with van der Waals surface area (Å²) in [5.74, 6) is 1.85. The van der Waals surface area contributed by atoms with Crippen molar-refractivity contribution < 1.29 is 9.47 Å². The van der Waals surface area contributed by atoms with Crippen molar-refractivity contribution in [2.75, 3.05) is 53.5 Å². The van der Waals surface area contributed by atoms with Gasteiger partial charge in [0.1, 0.15) is 11.5 Å². The van der Waals surface area contributed by atoms with Crippen LogP contribution in [0.25, 0.3) is 12.2 Å². The Kier molecular flexibility index (Phi) is 8.35. The van der Waals surface area contributed by atoms with Crippen molar-refractivity contribution in [1.82, 2.24) is 9.80 Å². The normalized spacial score (nSPS) is 16.3. The van der Waals surface area contributed by atoms with Gasteiger partial charge < -0.3 is 9.47 Å². The molecule has 154 valence electrons. The first kappa shape index (κ1) is 21.2. The van der Waals surface area contributed by atoms with Crippen LogP contribution in [0, 0.1) is 0 Å². The number of methoxy groups -OCH3 is 2. The first-order valence-electron chi connectivity index (χ1n) is 10.3. The third-order valence-electron chi connectivity index (χ3n) is 5.28. The van der Waals surface area contributed by atoms with Gasteiger partial charge >= 0.3 is 0 Å². The summed E-state index contributed by atoms with van der Waals surface area (Å²) in [5.41, 5.74) is 2.26. The van der Waals surface area contributed by atoms with E-state index in [1.54, 1.807) is 14.2 Å². The van der Waals surface area contributed by atoms with Crippen LogP contribution in [-0.4, -0.2) is 63.3 Å². The minimum absolute atomic E-state index is 0.924. The number of hydrogen-bond acceptors (Lipinski definition) is 4. The van der Waals surface area contributed by atoms with E-state index in [1.807, 2.05) is 36.4 Å². The van der Waals surface area contributed by atoms with Crippen LogP contribution in [0.5, 0.6) is 11.5 Å². The maximum Gasteiger partial charge on any atom is 0.126 e. The molecule has 0 N–H and O–H groups in total. The lowest BCUT2D eigenvalue weighted by Gasteiger charge is -2.19. The smallest absolute Gasteiger partial charge is 0.126 e. The molecule has 0 amide bonds. The topological polar surface area (TPSA) is 24.9 Å². The van der Waals surface area contributed by atoms with Crippen molar-refractivity contribution in [2.45, 2.75) is 6.42 Å². The minimum Gasteiger partial charge on any atom is -0.496 e. The van der Waals surface area contributed by atoms with Crippen LogP contribution >= 0.6 is 0 Å². The molecule has 0 aromatic heterocycles. The highest BCUT2D eigenvalue weighted by Crippen LogP contribution is 2.19. The second-order valence-corrected chi connectivity index (χ2v) is 7.24. The van der Waals surface area contributed by atoms with E-state index in [0.717, 1.165) is 61.9 Å². The highest BCUT2D eigenvalue weighted by molar-refractivity contribution is 5.57. The monoisotopic (exact) mass is 392 g/mol. The fraction of sp³-hybridized carbons (Fsp3) is 0.360. The van der Waals surface area contributed by atoms with Crippen molar-refractivity contribution in [1.29, 1.82) is 0 Å². The number of nitrogens with zero attached hydrogens (tertiary/aromatic N) is 2. The molecule has 1 heterocycles. The lowest BCUT2D eigenvalue weighted by molar-refractivity contribution is 0.287. The molecule has 0 radical (unpaired) electrons. The first-order valence-corrected chi connectivity index (χ1v) is 10.3. The highest BCUT2D eigenvalue weighted by atomic mass is 16.5. The van der Waals surface area contributed by atoms with Crippen LogP contribution < -0.4 is 9.47 Å². The Hall–Kier alpha value is -2.56. The van der Waals surface area contributed by atoms with E-state index in [1.165, 1.54) is 6.42 Å². The van der Waals surface area contributed by atoms with Crippen LogP contribution in [0.1, 0.15) is 17.5 Å². The van der Waals surface area contributed by atoms with Crippen molar-refractivity contribution in [2.24, 2.45) is 0 Å². The standard InChI is InChI=1S/C25H32N2O2/c1-28-24-14-5-3-10-22(24)12-7-16-26-18-9-19-27(21-20-26)17-8-13-23-11-4-6-15-25(23)29-2/h3-8,10-15H,9,16-21H2,1-2H3. The molecule has 3 rings (SSSR count). The zero-order valence-corrected chi connectivity index (χ0v) is 17.6. The predicted molar refractivity (Wildman–Crippen MR) is 122 cm³/mol. The summed E-state index contributed by atoms with van der Waals surface area (Å²) in [7, 11) is 3.44. The Balaban J connectivity index is 1.46. The van der Waals surface area contributed by atoms with E-state index in [4.69, 9.17) is 9.47 Å². The maximum atomic E-state index is 5.42. The molecular weight excluding hydrogens is 360 g/mol. The van der Waals surface area contributed by atoms with Gasteiger partial charge in [0.25, 0.3) is 0 Å². The highest BCUT2D eigenvalue weighted by Gasteiger charge is 2.12. The molecule has 0 aliphatic carbocycles. The van der Waals surface area contributed by atoms with Gasteiger partial charge in [0.15, 0.2) is 0 Å². The number of hydrogen-bond donors (Lipinski definition) is 0. The zero-order chi connectivity index (χ0) is 20.3. The summed E-state index contributed by atoms with van der Waals surface area (Å²) in [6.45, 7) is 6.43. The number of rotatable bonds is 8. The van der Waals surface area contributed by atoms with Gasteiger partial charge in [-0.25, -0.2) is 0 Å². The average molecular weight is 393 g/mol. The van der Waals surface area contributed by atoms with Crippen molar-refractivity contribution in [3.05, 3.63) is 71.8 Å². The van der Waals surface area contributed by atoms with E-state index in [9.17, 15) is 0 Å². The quantitative estimate of drug-likeness (QED) is 0.663.